The van der Waals surface area contributed by atoms with Gasteiger partial charge >= 0.3 is 0 Å². The molecule has 7 nitrogen and oxygen atoms in total. The Morgan fingerprint density at radius 1 is 1.21 bits per heavy atom. The van der Waals surface area contributed by atoms with Crippen LogP contribution in [0.4, 0.5) is 0 Å². The van der Waals surface area contributed by atoms with Gasteiger partial charge in [-0.25, -0.2) is 0 Å². The van der Waals surface area contributed by atoms with Gasteiger partial charge in [0, 0.05) is 44.6 Å². The van der Waals surface area contributed by atoms with Gasteiger partial charge in [-0.15, -0.1) is 24.9 Å². The molecule has 0 aromatic heterocycles. The lowest BCUT2D eigenvalue weighted by Crippen LogP contribution is -2.55. The highest BCUT2D eigenvalue weighted by Crippen LogP contribution is 2.71. The Balaban J connectivity index is 2.03. The van der Waals surface area contributed by atoms with Crippen LogP contribution >= 0.6 is 11.8 Å². The zero-order chi connectivity index (χ0) is 24.4. The minimum Gasteiger partial charge on any atom is -0.396 e. The van der Waals surface area contributed by atoms with Gasteiger partial charge in [0.1, 0.15) is 6.04 Å². The number of amides is 3. The summed E-state index contributed by atoms with van der Waals surface area (Å²) in [5.74, 6) is -1.20. The van der Waals surface area contributed by atoms with E-state index in [1.165, 1.54) is 0 Å². The van der Waals surface area contributed by atoms with Crippen molar-refractivity contribution in [2.24, 2.45) is 11.8 Å². The summed E-state index contributed by atoms with van der Waals surface area (Å²) in [4.78, 5) is 46.5. The molecule has 3 amide bonds. The number of aliphatic hydroxyl groups is 1. The van der Waals surface area contributed by atoms with Gasteiger partial charge < -0.3 is 19.8 Å². The van der Waals surface area contributed by atoms with Crippen molar-refractivity contribution in [2.45, 2.75) is 61.5 Å². The van der Waals surface area contributed by atoms with Gasteiger partial charge in [-0.3, -0.25) is 14.4 Å². The first-order valence-electron chi connectivity index (χ1n) is 12.1. The molecule has 3 fully saturated rings. The lowest BCUT2D eigenvalue weighted by molar-refractivity contribution is -0.145. The molecule has 0 aliphatic carbocycles. The van der Waals surface area contributed by atoms with Crippen LogP contribution in [-0.2, 0) is 14.4 Å². The summed E-state index contributed by atoms with van der Waals surface area (Å²) in [5, 5.41) is 9.47. The molecule has 3 rings (SSSR count). The van der Waals surface area contributed by atoms with E-state index < -0.39 is 22.6 Å². The molecule has 2 bridgehead atoms. The van der Waals surface area contributed by atoms with Crippen LogP contribution in [0.3, 0.4) is 0 Å². The normalized spacial score (nSPS) is 32.1. The van der Waals surface area contributed by atoms with Gasteiger partial charge in [0.2, 0.25) is 17.7 Å². The lowest BCUT2D eigenvalue weighted by atomic mass is 9.66. The second-order valence-corrected chi connectivity index (χ2v) is 11.7. The third-order valence-corrected chi connectivity index (χ3v) is 9.54. The number of likely N-dealkylation sites (tertiary alicyclic amines) is 1. The van der Waals surface area contributed by atoms with Crippen molar-refractivity contribution in [2.75, 3.05) is 39.8 Å². The number of thioether (sulfide) groups is 1. The zero-order valence-electron chi connectivity index (χ0n) is 20.3. The number of carbonyl (C=O) groups excluding carboxylic acids is 3. The number of nitrogens with zero attached hydrogens (tertiary/aromatic N) is 3. The predicted molar refractivity (Wildman–Crippen MR) is 132 cm³/mol. The van der Waals surface area contributed by atoms with Crippen molar-refractivity contribution in [1.29, 1.82) is 0 Å². The maximum atomic E-state index is 14.0. The number of likely N-dealkylation sites (N-methyl/N-ethyl adjacent to an activating group) is 1. The molecule has 5 atom stereocenters. The Kier molecular flexibility index (Phi) is 7.99. The lowest BCUT2D eigenvalue weighted by Gasteiger charge is -2.37. The molecular formula is C25H39N3O4S. The molecule has 1 spiro atoms. The van der Waals surface area contributed by atoms with Crippen LogP contribution in [0.5, 0.6) is 0 Å². The van der Waals surface area contributed by atoms with Crippen LogP contribution in [0.1, 0.15) is 46.0 Å². The van der Waals surface area contributed by atoms with Crippen molar-refractivity contribution in [3.63, 3.8) is 0 Å². The van der Waals surface area contributed by atoms with E-state index in [0.29, 0.717) is 32.6 Å². The zero-order valence-corrected chi connectivity index (χ0v) is 21.1. The average molecular weight is 478 g/mol. The van der Waals surface area contributed by atoms with E-state index in [9.17, 15) is 19.5 Å². The molecule has 2 unspecified atom stereocenters. The molecule has 0 aromatic rings. The summed E-state index contributed by atoms with van der Waals surface area (Å²) in [6.07, 6.45) is 7.21. The first kappa shape index (κ1) is 25.8. The Hall–Kier alpha value is -1.80. The van der Waals surface area contributed by atoms with E-state index in [2.05, 4.69) is 27.0 Å². The first-order valence-corrected chi connectivity index (χ1v) is 12.9. The molecule has 33 heavy (non-hydrogen) atoms. The van der Waals surface area contributed by atoms with Gasteiger partial charge in [0.15, 0.2) is 0 Å². The van der Waals surface area contributed by atoms with E-state index in [-0.39, 0.29) is 29.1 Å². The number of hydrogen-bond donors (Lipinski definition) is 1. The monoisotopic (exact) mass is 477 g/mol. The number of unbranched alkanes of at least 4 members (excludes halogenated alkanes) is 1. The molecule has 3 aliphatic rings. The minimum absolute atomic E-state index is 0.0473. The van der Waals surface area contributed by atoms with Gasteiger partial charge in [0.05, 0.1) is 16.6 Å². The smallest absolute Gasteiger partial charge is 0.247 e. The molecule has 184 valence electrons. The van der Waals surface area contributed by atoms with Crippen molar-refractivity contribution in [3.8, 4) is 0 Å². The fraction of sp³-hybridized carbons (Fsp3) is 0.720. The van der Waals surface area contributed by atoms with Crippen LogP contribution in [0.15, 0.2) is 25.3 Å². The fourth-order valence-corrected chi connectivity index (χ4v) is 8.40. The summed E-state index contributed by atoms with van der Waals surface area (Å²) in [5.41, 5.74) is 0. The Bertz CT molecular complexity index is 805. The summed E-state index contributed by atoms with van der Waals surface area (Å²) < 4.78 is -0.986. The summed E-state index contributed by atoms with van der Waals surface area (Å²) in [6.45, 7) is 13.5. The average Bonchev–Trinajstić information content (AvgIpc) is 3.35. The third-order valence-electron chi connectivity index (χ3n) is 7.56. The predicted octanol–water partition coefficient (Wildman–Crippen LogP) is 2.31. The van der Waals surface area contributed by atoms with Crippen LogP contribution in [0.2, 0.25) is 0 Å². The molecule has 3 heterocycles. The second kappa shape index (κ2) is 10.2. The van der Waals surface area contributed by atoms with Crippen molar-refractivity contribution in [3.05, 3.63) is 25.3 Å². The van der Waals surface area contributed by atoms with Gasteiger partial charge in [-0.05, 0) is 32.6 Å². The van der Waals surface area contributed by atoms with E-state index in [1.807, 2.05) is 4.90 Å². The van der Waals surface area contributed by atoms with E-state index in [0.717, 1.165) is 25.7 Å². The van der Waals surface area contributed by atoms with Crippen molar-refractivity contribution < 1.29 is 19.5 Å². The molecule has 3 aliphatic heterocycles. The second-order valence-electron chi connectivity index (χ2n) is 9.77. The van der Waals surface area contributed by atoms with E-state index in [1.54, 1.807) is 40.8 Å². The topological polar surface area (TPSA) is 81.2 Å². The van der Waals surface area contributed by atoms with Gasteiger partial charge in [0.25, 0.3) is 0 Å². The number of fused-ring (bicyclic) bond motifs is 1. The van der Waals surface area contributed by atoms with Crippen LogP contribution in [0.25, 0.3) is 0 Å². The molecule has 0 radical (unpaired) electrons. The van der Waals surface area contributed by atoms with Crippen LogP contribution in [0, 0.1) is 11.8 Å². The molecule has 0 aromatic carbocycles. The number of hydrogen-bond acceptors (Lipinski definition) is 5. The number of aliphatic hydroxyl groups excluding tert-OH is 1. The number of rotatable bonds is 12. The fourth-order valence-electron chi connectivity index (χ4n) is 6.05. The van der Waals surface area contributed by atoms with Crippen molar-refractivity contribution in [1.82, 2.24) is 14.7 Å². The van der Waals surface area contributed by atoms with Crippen molar-refractivity contribution >= 4 is 29.5 Å². The minimum atomic E-state index is -0.618. The summed E-state index contributed by atoms with van der Waals surface area (Å²) >= 11 is 1.69. The Morgan fingerprint density at radius 3 is 2.52 bits per heavy atom. The molecular weight excluding hydrogens is 438 g/mol. The standard InChI is InChI=1S/C25H39N3O4S/c1-6-9-15-27(14-8-3)23(32)20-25-12-11-24(4,33-25)18(21(30)26(5)13-7-2)19(25)22(31)28(20)16-10-17-29/h7-8,18-20,29H,2-3,6,9-17H2,1,4-5H3/t18-,19+,20?,24+,25?/m1/s1. The first-order chi connectivity index (χ1) is 15.7. The quantitative estimate of drug-likeness (QED) is 0.436. The Labute approximate surface area is 202 Å². The largest absolute Gasteiger partial charge is 0.396 e. The SMILES string of the molecule is C=CCN(C)C(=O)[C@H]1[C@H]2C(=O)N(CCCO)C(C(=O)N(CC=C)CCCC)C23CC[C@]1(C)S3. The van der Waals surface area contributed by atoms with Gasteiger partial charge in [-0.1, -0.05) is 25.5 Å². The summed E-state index contributed by atoms with van der Waals surface area (Å²) in [6, 6.07) is -0.618. The van der Waals surface area contributed by atoms with Gasteiger partial charge in [-0.2, -0.15) is 0 Å². The maximum Gasteiger partial charge on any atom is 0.247 e. The van der Waals surface area contributed by atoms with E-state index in [4.69, 9.17) is 0 Å². The summed E-state index contributed by atoms with van der Waals surface area (Å²) in [7, 11) is 1.75. The molecule has 3 saturated heterocycles. The highest BCUT2D eigenvalue weighted by atomic mass is 32.2. The highest BCUT2D eigenvalue weighted by molar-refractivity contribution is 8.02. The molecule has 8 heteroatoms. The molecule has 1 N–H and O–H groups in total. The number of carbonyl (C=O) groups is 3. The third kappa shape index (κ3) is 4.25. The van der Waals surface area contributed by atoms with Crippen LogP contribution in [-0.4, -0.2) is 92.9 Å². The molecule has 0 saturated carbocycles. The Morgan fingerprint density at radius 2 is 1.91 bits per heavy atom. The maximum absolute atomic E-state index is 14.0. The van der Waals surface area contributed by atoms with E-state index >= 15 is 0 Å². The highest BCUT2D eigenvalue weighted by Gasteiger charge is 2.77. The van der Waals surface area contributed by atoms with Crippen LogP contribution < -0.4 is 0 Å².